The molecule has 7 heteroatoms. The van der Waals surface area contributed by atoms with E-state index >= 15 is 0 Å². The average molecular weight is 346 g/mol. The van der Waals surface area contributed by atoms with Gasteiger partial charge in [-0.1, -0.05) is 28.9 Å². The third kappa shape index (κ3) is 3.38. The Hall–Kier alpha value is -2.08. The number of halogens is 1. The van der Waals surface area contributed by atoms with Crippen LogP contribution in [-0.4, -0.2) is 39.0 Å². The summed E-state index contributed by atoms with van der Waals surface area (Å²) in [5.41, 5.74) is 2.13. The number of carbonyl (C=O) groups excluding carboxylic acids is 1. The highest BCUT2D eigenvalue weighted by molar-refractivity contribution is 6.30. The SMILES string of the molecule is O=C(NCc1ccc(Cl)cc1)N1CCC(n2cc(C3CC3)nn2)C1. The number of likely N-dealkylation sites (tertiary alicyclic amines) is 1. The van der Waals surface area contributed by atoms with Gasteiger partial charge in [-0.3, -0.25) is 0 Å². The second-order valence-corrected chi connectivity index (χ2v) is 7.01. The summed E-state index contributed by atoms with van der Waals surface area (Å²) in [6.07, 6.45) is 5.42. The minimum atomic E-state index is -0.0324. The van der Waals surface area contributed by atoms with Crippen LogP contribution in [0.15, 0.2) is 30.5 Å². The summed E-state index contributed by atoms with van der Waals surface area (Å²) in [6, 6.07) is 7.70. The fourth-order valence-corrected chi connectivity index (χ4v) is 3.19. The molecule has 0 bridgehead atoms. The van der Waals surface area contributed by atoms with Gasteiger partial charge in [-0.2, -0.15) is 0 Å². The van der Waals surface area contributed by atoms with E-state index in [2.05, 4.69) is 21.8 Å². The van der Waals surface area contributed by atoms with Crippen LogP contribution in [-0.2, 0) is 6.54 Å². The quantitative estimate of drug-likeness (QED) is 0.926. The predicted molar refractivity (Wildman–Crippen MR) is 90.9 cm³/mol. The summed E-state index contributed by atoms with van der Waals surface area (Å²) in [5, 5.41) is 12.2. The molecule has 2 heterocycles. The lowest BCUT2D eigenvalue weighted by Gasteiger charge is -2.17. The van der Waals surface area contributed by atoms with E-state index < -0.39 is 0 Å². The highest BCUT2D eigenvalue weighted by atomic mass is 35.5. The molecule has 126 valence electrons. The van der Waals surface area contributed by atoms with Crippen LogP contribution >= 0.6 is 11.6 Å². The molecule has 2 aromatic rings. The second kappa shape index (κ2) is 6.43. The molecule has 24 heavy (non-hydrogen) atoms. The molecule has 1 saturated carbocycles. The van der Waals surface area contributed by atoms with E-state index in [1.807, 2.05) is 33.8 Å². The molecular weight excluding hydrogens is 326 g/mol. The maximum Gasteiger partial charge on any atom is 0.317 e. The summed E-state index contributed by atoms with van der Waals surface area (Å²) >= 11 is 5.87. The summed E-state index contributed by atoms with van der Waals surface area (Å²) < 4.78 is 1.93. The van der Waals surface area contributed by atoms with Crippen LogP contribution in [0.3, 0.4) is 0 Å². The molecule has 1 aliphatic heterocycles. The van der Waals surface area contributed by atoms with Gasteiger partial charge in [0, 0.05) is 36.8 Å². The molecule has 4 rings (SSSR count). The first-order valence-electron chi connectivity index (χ1n) is 8.38. The number of hydrogen-bond donors (Lipinski definition) is 1. The highest BCUT2D eigenvalue weighted by Gasteiger charge is 2.31. The van der Waals surface area contributed by atoms with Gasteiger partial charge in [0.1, 0.15) is 0 Å². The van der Waals surface area contributed by atoms with Crippen molar-refractivity contribution in [1.82, 2.24) is 25.2 Å². The minimum absolute atomic E-state index is 0.0324. The zero-order chi connectivity index (χ0) is 16.5. The van der Waals surface area contributed by atoms with Crippen molar-refractivity contribution in [3.8, 4) is 0 Å². The number of carbonyl (C=O) groups is 1. The summed E-state index contributed by atoms with van der Waals surface area (Å²) in [6.45, 7) is 1.93. The van der Waals surface area contributed by atoms with E-state index in [1.165, 1.54) is 12.8 Å². The molecule has 1 aliphatic carbocycles. The van der Waals surface area contributed by atoms with Crippen LogP contribution in [0.1, 0.15) is 42.5 Å². The van der Waals surface area contributed by atoms with Crippen molar-refractivity contribution in [3.63, 3.8) is 0 Å². The van der Waals surface area contributed by atoms with E-state index in [9.17, 15) is 4.79 Å². The number of amides is 2. The van der Waals surface area contributed by atoms with Crippen LogP contribution in [0.2, 0.25) is 5.02 Å². The first kappa shape index (κ1) is 15.4. The van der Waals surface area contributed by atoms with Crippen molar-refractivity contribution in [2.45, 2.75) is 37.8 Å². The van der Waals surface area contributed by atoms with Gasteiger partial charge in [-0.05, 0) is 37.0 Å². The summed E-state index contributed by atoms with van der Waals surface area (Å²) in [7, 11) is 0. The Morgan fingerprint density at radius 3 is 2.79 bits per heavy atom. The topological polar surface area (TPSA) is 63.1 Å². The first-order valence-corrected chi connectivity index (χ1v) is 8.76. The molecule has 2 fully saturated rings. The van der Waals surface area contributed by atoms with Crippen molar-refractivity contribution in [3.05, 3.63) is 46.7 Å². The average Bonchev–Trinajstić information content (AvgIpc) is 3.12. The van der Waals surface area contributed by atoms with E-state index in [4.69, 9.17) is 11.6 Å². The van der Waals surface area contributed by atoms with Gasteiger partial charge in [0.25, 0.3) is 0 Å². The number of benzene rings is 1. The Bertz CT molecular complexity index is 725. The third-order valence-corrected chi connectivity index (χ3v) is 4.96. The molecule has 0 spiro atoms. The second-order valence-electron chi connectivity index (χ2n) is 6.57. The molecule has 2 amide bonds. The minimum Gasteiger partial charge on any atom is -0.334 e. The van der Waals surface area contributed by atoms with E-state index in [0.29, 0.717) is 24.0 Å². The van der Waals surface area contributed by atoms with Crippen LogP contribution in [0, 0.1) is 0 Å². The molecule has 1 aromatic heterocycles. The molecule has 1 aromatic carbocycles. The van der Waals surface area contributed by atoms with Gasteiger partial charge in [-0.25, -0.2) is 9.48 Å². The van der Waals surface area contributed by atoms with E-state index in [1.54, 1.807) is 0 Å². The number of nitrogens with zero attached hydrogens (tertiary/aromatic N) is 4. The Labute approximate surface area is 145 Å². The molecular formula is C17H20ClN5O. The van der Waals surface area contributed by atoms with Crippen molar-refractivity contribution in [2.75, 3.05) is 13.1 Å². The van der Waals surface area contributed by atoms with Gasteiger partial charge in [0.05, 0.1) is 11.7 Å². The van der Waals surface area contributed by atoms with Crippen molar-refractivity contribution >= 4 is 17.6 Å². The van der Waals surface area contributed by atoms with Crippen LogP contribution < -0.4 is 5.32 Å². The van der Waals surface area contributed by atoms with E-state index in [0.717, 1.165) is 24.2 Å². The maximum absolute atomic E-state index is 12.3. The molecule has 0 radical (unpaired) electrons. The van der Waals surface area contributed by atoms with Crippen LogP contribution in [0.25, 0.3) is 0 Å². The Morgan fingerprint density at radius 2 is 2.04 bits per heavy atom. The Balaban J connectivity index is 1.30. The van der Waals surface area contributed by atoms with Gasteiger partial charge < -0.3 is 10.2 Å². The molecule has 2 aliphatic rings. The lowest BCUT2D eigenvalue weighted by molar-refractivity contribution is 0.206. The standard InChI is InChI=1S/C17H20ClN5O/c18-14-5-1-12(2-6-14)9-19-17(24)22-8-7-15(10-22)23-11-16(20-21-23)13-3-4-13/h1-2,5-6,11,13,15H,3-4,7-10H2,(H,19,24). The number of nitrogens with one attached hydrogen (secondary N) is 1. The number of aromatic nitrogens is 3. The highest BCUT2D eigenvalue weighted by Crippen LogP contribution is 2.39. The zero-order valence-corrected chi connectivity index (χ0v) is 14.1. The fourth-order valence-electron chi connectivity index (χ4n) is 3.07. The van der Waals surface area contributed by atoms with Crippen LogP contribution in [0.5, 0.6) is 0 Å². The fraction of sp³-hybridized carbons (Fsp3) is 0.471. The Kier molecular flexibility index (Phi) is 4.14. The first-order chi connectivity index (χ1) is 11.7. The van der Waals surface area contributed by atoms with Crippen LogP contribution in [0.4, 0.5) is 4.79 Å². The Morgan fingerprint density at radius 1 is 1.25 bits per heavy atom. The molecule has 6 nitrogen and oxygen atoms in total. The monoisotopic (exact) mass is 345 g/mol. The summed E-state index contributed by atoms with van der Waals surface area (Å²) in [5.74, 6) is 0.610. The van der Waals surface area contributed by atoms with E-state index in [-0.39, 0.29) is 12.1 Å². The third-order valence-electron chi connectivity index (χ3n) is 4.71. The molecule has 1 unspecified atom stereocenters. The van der Waals surface area contributed by atoms with Crippen molar-refractivity contribution in [1.29, 1.82) is 0 Å². The van der Waals surface area contributed by atoms with Crippen molar-refractivity contribution in [2.24, 2.45) is 0 Å². The van der Waals surface area contributed by atoms with Gasteiger partial charge in [0.15, 0.2) is 0 Å². The predicted octanol–water partition coefficient (Wildman–Crippen LogP) is 2.97. The number of rotatable bonds is 4. The smallest absolute Gasteiger partial charge is 0.317 e. The van der Waals surface area contributed by atoms with Gasteiger partial charge in [0.2, 0.25) is 0 Å². The lowest BCUT2D eigenvalue weighted by Crippen LogP contribution is -2.38. The number of urea groups is 1. The van der Waals surface area contributed by atoms with Gasteiger partial charge >= 0.3 is 6.03 Å². The largest absolute Gasteiger partial charge is 0.334 e. The molecule has 1 atom stereocenters. The maximum atomic E-state index is 12.3. The normalized spacial score (nSPS) is 20.4. The molecule has 1 N–H and O–H groups in total. The molecule has 1 saturated heterocycles. The zero-order valence-electron chi connectivity index (χ0n) is 13.4. The van der Waals surface area contributed by atoms with Gasteiger partial charge in [-0.15, -0.1) is 5.10 Å². The van der Waals surface area contributed by atoms with Crippen molar-refractivity contribution < 1.29 is 4.79 Å². The summed E-state index contributed by atoms with van der Waals surface area (Å²) in [4.78, 5) is 14.2. The number of hydrogen-bond acceptors (Lipinski definition) is 3. The lowest BCUT2D eigenvalue weighted by atomic mass is 10.2.